The van der Waals surface area contributed by atoms with Crippen LogP contribution < -0.4 is 10.7 Å². The van der Waals surface area contributed by atoms with E-state index in [2.05, 4.69) is 37.6 Å². The van der Waals surface area contributed by atoms with Crippen molar-refractivity contribution >= 4 is 32.7 Å². The maximum atomic E-state index is 13.1. The third kappa shape index (κ3) is 6.30. The number of hydrogen-bond donors (Lipinski definition) is 1. The number of fused-ring (bicyclic) bond motifs is 1. The fourth-order valence-electron chi connectivity index (χ4n) is 3.21. The van der Waals surface area contributed by atoms with Crippen LogP contribution in [0.3, 0.4) is 0 Å². The van der Waals surface area contributed by atoms with E-state index in [1.165, 1.54) is 11.8 Å². The van der Waals surface area contributed by atoms with E-state index in [-0.39, 0.29) is 11.3 Å². The Hall–Kier alpha value is -1.42. The summed E-state index contributed by atoms with van der Waals surface area (Å²) in [5.74, 6) is 0.450. The molecule has 0 aliphatic carbocycles. The van der Waals surface area contributed by atoms with Crippen molar-refractivity contribution in [2.75, 3.05) is 18.1 Å². The predicted octanol–water partition coefficient (Wildman–Crippen LogP) is 2.29. The number of nitrogens with zero attached hydrogens (tertiary/aromatic N) is 3. The Morgan fingerprint density at radius 2 is 1.82 bits per heavy atom. The van der Waals surface area contributed by atoms with E-state index in [1.807, 2.05) is 18.2 Å². The molecule has 0 saturated heterocycles. The number of para-hydroxylation sites is 1. The molecule has 9 heteroatoms. The number of sulfonamides is 1. The van der Waals surface area contributed by atoms with Gasteiger partial charge < -0.3 is 0 Å². The Morgan fingerprint density at radius 3 is 2.43 bits per heavy atom. The quantitative estimate of drug-likeness (QED) is 0.356. The maximum Gasteiger partial charge on any atom is 0.262 e. The first kappa shape index (κ1) is 22.9. The molecule has 0 fully saturated rings. The van der Waals surface area contributed by atoms with Crippen molar-refractivity contribution in [3.63, 3.8) is 0 Å². The van der Waals surface area contributed by atoms with Crippen molar-refractivity contribution in [3.8, 4) is 0 Å². The zero-order valence-electron chi connectivity index (χ0n) is 17.0. The summed E-state index contributed by atoms with van der Waals surface area (Å²) >= 11 is 1.40. The van der Waals surface area contributed by atoms with Gasteiger partial charge in [-0.2, -0.15) is 0 Å². The van der Waals surface area contributed by atoms with E-state index in [0.717, 1.165) is 6.54 Å². The predicted molar refractivity (Wildman–Crippen MR) is 116 cm³/mol. The van der Waals surface area contributed by atoms with Crippen molar-refractivity contribution in [1.29, 1.82) is 0 Å². The number of thioether (sulfide) groups is 1. The fourth-order valence-corrected chi connectivity index (χ4v) is 4.90. The van der Waals surface area contributed by atoms with E-state index >= 15 is 0 Å². The van der Waals surface area contributed by atoms with Crippen LogP contribution in [-0.2, 0) is 16.6 Å². The molecule has 0 saturated carbocycles. The molecule has 1 heterocycles. The summed E-state index contributed by atoms with van der Waals surface area (Å²) in [6.07, 6.45) is 0.413. The van der Waals surface area contributed by atoms with Gasteiger partial charge in [0.2, 0.25) is 10.0 Å². The summed E-state index contributed by atoms with van der Waals surface area (Å²) in [4.78, 5) is 20.1. The Morgan fingerprint density at radius 1 is 1.18 bits per heavy atom. The SMILES string of the molecule is CC(C)N(CCn1c(SCCCS(N)(=O)=O)nc2ccccc2c1=O)C(C)C. The largest absolute Gasteiger partial charge is 0.297 e. The highest BCUT2D eigenvalue weighted by Crippen LogP contribution is 2.19. The van der Waals surface area contributed by atoms with Gasteiger partial charge in [-0.3, -0.25) is 14.3 Å². The topological polar surface area (TPSA) is 98.3 Å². The van der Waals surface area contributed by atoms with Gasteiger partial charge in [-0.15, -0.1) is 0 Å². The van der Waals surface area contributed by atoms with Crippen LogP contribution in [0.4, 0.5) is 0 Å². The van der Waals surface area contributed by atoms with Crippen LogP contribution in [0, 0.1) is 0 Å². The Balaban J connectivity index is 2.29. The van der Waals surface area contributed by atoms with Crippen LogP contribution in [0.5, 0.6) is 0 Å². The molecule has 0 spiro atoms. The average Bonchev–Trinajstić information content (AvgIpc) is 2.59. The van der Waals surface area contributed by atoms with Gasteiger partial charge in [0.15, 0.2) is 5.16 Å². The zero-order valence-corrected chi connectivity index (χ0v) is 18.6. The third-order valence-corrected chi connectivity index (χ3v) is 6.46. The molecule has 0 unspecified atom stereocenters. The molecule has 1 aromatic carbocycles. The van der Waals surface area contributed by atoms with Crippen molar-refractivity contribution < 1.29 is 8.42 Å². The third-order valence-electron chi connectivity index (χ3n) is 4.54. The van der Waals surface area contributed by atoms with Gasteiger partial charge in [0, 0.05) is 30.9 Å². The summed E-state index contributed by atoms with van der Waals surface area (Å²) < 4.78 is 24.0. The number of nitrogens with two attached hydrogens (primary N) is 1. The van der Waals surface area contributed by atoms with Gasteiger partial charge in [0.25, 0.3) is 5.56 Å². The molecule has 0 aliphatic rings. The molecule has 0 bridgehead atoms. The lowest BCUT2D eigenvalue weighted by Gasteiger charge is -2.30. The molecule has 0 atom stereocenters. The van der Waals surface area contributed by atoms with E-state index in [4.69, 9.17) is 5.14 Å². The van der Waals surface area contributed by atoms with Gasteiger partial charge in [0.1, 0.15) is 0 Å². The molecule has 0 aliphatic heterocycles. The fraction of sp³-hybridized carbons (Fsp3) is 0.579. The second-order valence-electron chi connectivity index (χ2n) is 7.36. The van der Waals surface area contributed by atoms with E-state index in [1.54, 1.807) is 10.6 Å². The van der Waals surface area contributed by atoms with Gasteiger partial charge >= 0.3 is 0 Å². The Kier molecular flexibility index (Phi) is 8.06. The minimum atomic E-state index is -3.48. The summed E-state index contributed by atoms with van der Waals surface area (Å²) in [5.41, 5.74) is 0.592. The smallest absolute Gasteiger partial charge is 0.262 e. The monoisotopic (exact) mass is 426 g/mol. The lowest BCUT2D eigenvalue weighted by Crippen LogP contribution is -2.40. The minimum absolute atomic E-state index is 0.0630. The first-order valence-electron chi connectivity index (χ1n) is 9.48. The van der Waals surface area contributed by atoms with Crippen LogP contribution in [0.1, 0.15) is 34.1 Å². The Bertz CT molecular complexity index is 947. The van der Waals surface area contributed by atoms with Crippen LogP contribution in [-0.4, -0.2) is 53.0 Å². The molecular weight excluding hydrogens is 396 g/mol. The van der Waals surface area contributed by atoms with Gasteiger partial charge in [-0.25, -0.2) is 18.5 Å². The highest BCUT2D eigenvalue weighted by molar-refractivity contribution is 7.99. The molecule has 2 N–H and O–H groups in total. The lowest BCUT2D eigenvalue weighted by molar-refractivity contribution is 0.166. The average molecular weight is 427 g/mol. The normalized spacial score (nSPS) is 12.6. The maximum absolute atomic E-state index is 13.1. The van der Waals surface area contributed by atoms with Crippen molar-refractivity contribution in [2.45, 2.75) is 57.9 Å². The number of benzene rings is 1. The molecule has 0 amide bonds. The summed E-state index contributed by atoms with van der Waals surface area (Å²) in [5, 5.41) is 6.28. The van der Waals surface area contributed by atoms with Gasteiger partial charge in [-0.05, 0) is 46.2 Å². The van der Waals surface area contributed by atoms with E-state index < -0.39 is 10.0 Å². The van der Waals surface area contributed by atoms with E-state index in [9.17, 15) is 13.2 Å². The lowest BCUT2D eigenvalue weighted by atomic mass is 10.2. The highest BCUT2D eigenvalue weighted by atomic mass is 32.2. The zero-order chi connectivity index (χ0) is 20.9. The molecular formula is C19H30N4O3S2. The van der Waals surface area contributed by atoms with E-state index in [0.29, 0.717) is 46.9 Å². The van der Waals surface area contributed by atoms with Crippen molar-refractivity contribution in [2.24, 2.45) is 5.14 Å². The second kappa shape index (κ2) is 9.87. The standard InChI is InChI=1S/C19H30N4O3S2/c1-14(2)22(15(3)4)10-11-23-18(24)16-8-5-6-9-17(16)21-19(23)27-12-7-13-28(20,25)26/h5-6,8-9,14-15H,7,10-13H2,1-4H3,(H2,20,25,26). The van der Waals surface area contributed by atoms with Crippen molar-refractivity contribution in [1.82, 2.24) is 14.5 Å². The van der Waals surface area contributed by atoms with Crippen LogP contribution in [0.2, 0.25) is 0 Å². The summed E-state index contributed by atoms with van der Waals surface area (Å²) in [7, 11) is -3.48. The van der Waals surface area contributed by atoms with Crippen molar-refractivity contribution in [3.05, 3.63) is 34.6 Å². The first-order chi connectivity index (χ1) is 13.1. The number of aromatic nitrogens is 2. The van der Waals surface area contributed by atoms with Gasteiger partial charge in [0.05, 0.1) is 16.7 Å². The number of primary sulfonamides is 1. The molecule has 156 valence electrons. The molecule has 2 aromatic rings. The molecule has 7 nitrogen and oxygen atoms in total. The second-order valence-corrected chi connectivity index (χ2v) is 10.2. The molecule has 0 radical (unpaired) electrons. The minimum Gasteiger partial charge on any atom is -0.297 e. The van der Waals surface area contributed by atoms with Crippen LogP contribution >= 0.6 is 11.8 Å². The molecule has 2 rings (SSSR count). The number of rotatable bonds is 10. The highest BCUT2D eigenvalue weighted by Gasteiger charge is 2.16. The number of hydrogen-bond acceptors (Lipinski definition) is 6. The first-order valence-corrected chi connectivity index (χ1v) is 12.2. The summed E-state index contributed by atoms with van der Waals surface area (Å²) in [6, 6.07) is 8.05. The van der Waals surface area contributed by atoms with Crippen LogP contribution in [0.25, 0.3) is 10.9 Å². The molecule has 28 heavy (non-hydrogen) atoms. The van der Waals surface area contributed by atoms with Crippen LogP contribution in [0.15, 0.2) is 34.2 Å². The Labute approximate surface area is 171 Å². The summed E-state index contributed by atoms with van der Waals surface area (Å²) in [6.45, 7) is 9.84. The van der Waals surface area contributed by atoms with Gasteiger partial charge in [-0.1, -0.05) is 23.9 Å². The molecule has 1 aromatic heterocycles.